The van der Waals surface area contributed by atoms with Gasteiger partial charge in [0.1, 0.15) is 0 Å². The van der Waals surface area contributed by atoms with Gasteiger partial charge in [0, 0.05) is 0 Å². The van der Waals surface area contributed by atoms with E-state index >= 15 is 0 Å². The van der Waals surface area contributed by atoms with Crippen molar-refractivity contribution in [2.75, 3.05) is 7.11 Å². The van der Waals surface area contributed by atoms with E-state index in [9.17, 15) is 9.59 Å². The average molecular weight is 433 g/mol. The number of hydrogen-bond donors (Lipinski definition) is 0. The molecule has 6 heteroatoms. The van der Waals surface area contributed by atoms with Gasteiger partial charge in [-0.1, -0.05) is 79.8 Å². The van der Waals surface area contributed by atoms with Crippen molar-refractivity contribution in [3.8, 4) is 0 Å². The fraction of sp³-hybridized carbons (Fsp3) is 0.240. The van der Waals surface area contributed by atoms with Gasteiger partial charge in [0.15, 0.2) is 4.80 Å². The zero-order valence-electron chi connectivity index (χ0n) is 18.0. The Kier molecular flexibility index (Phi) is 5.74. The van der Waals surface area contributed by atoms with Crippen LogP contribution in [0.3, 0.4) is 0 Å². The van der Waals surface area contributed by atoms with E-state index in [4.69, 9.17) is 4.74 Å². The number of allylic oxidation sites excluding steroid dienone is 1. The summed E-state index contributed by atoms with van der Waals surface area (Å²) in [6, 6.07) is 17.2. The Morgan fingerprint density at radius 2 is 1.81 bits per heavy atom. The minimum absolute atomic E-state index is 0.167. The van der Waals surface area contributed by atoms with E-state index < -0.39 is 12.0 Å². The van der Waals surface area contributed by atoms with Crippen molar-refractivity contribution >= 4 is 23.4 Å². The summed E-state index contributed by atoms with van der Waals surface area (Å²) in [5.41, 5.74) is 3.77. The lowest BCUT2D eigenvalue weighted by Gasteiger charge is -2.24. The van der Waals surface area contributed by atoms with Crippen LogP contribution in [0.15, 0.2) is 75.7 Å². The highest BCUT2D eigenvalue weighted by Crippen LogP contribution is 2.31. The average Bonchev–Trinajstić information content (AvgIpc) is 3.07. The molecule has 0 fully saturated rings. The maximum Gasteiger partial charge on any atom is 0.338 e. The van der Waals surface area contributed by atoms with Crippen molar-refractivity contribution in [2.45, 2.75) is 32.7 Å². The van der Waals surface area contributed by atoms with E-state index in [1.807, 2.05) is 60.7 Å². The second-order valence-electron chi connectivity index (χ2n) is 7.81. The lowest BCUT2D eigenvalue weighted by molar-refractivity contribution is -0.136. The Balaban J connectivity index is 1.95. The summed E-state index contributed by atoms with van der Waals surface area (Å²) in [5.74, 6) is -0.0872. The second kappa shape index (κ2) is 8.47. The molecule has 3 aromatic rings. The summed E-state index contributed by atoms with van der Waals surface area (Å²) in [5, 5.41) is 0. The lowest BCUT2D eigenvalue weighted by Crippen LogP contribution is -2.39. The quantitative estimate of drug-likeness (QED) is 0.593. The first kappa shape index (κ1) is 21.0. The number of methoxy groups -OCH3 is 1. The molecule has 158 valence electrons. The van der Waals surface area contributed by atoms with Gasteiger partial charge in [-0.05, 0) is 35.6 Å². The van der Waals surface area contributed by atoms with E-state index in [0.717, 1.165) is 11.1 Å². The fourth-order valence-corrected chi connectivity index (χ4v) is 4.82. The maximum absolute atomic E-state index is 13.4. The van der Waals surface area contributed by atoms with Crippen LogP contribution in [0.4, 0.5) is 0 Å². The molecule has 0 saturated heterocycles. The van der Waals surface area contributed by atoms with Gasteiger partial charge >= 0.3 is 5.97 Å². The second-order valence-corrected chi connectivity index (χ2v) is 8.81. The molecule has 2 aromatic carbocycles. The molecule has 1 unspecified atom stereocenters. The Labute approximate surface area is 184 Å². The third-order valence-corrected chi connectivity index (χ3v) is 6.43. The van der Waals surface area contributed by atoms with Crippen LogP contribution in [0.1, 0.15) is 49.4 Å². The molecular weight excluding hydrogens is 408 g/mol. The van der Waals surface area contributed by atoms with Crippen LogP contribution in [-0.4, -0.2) is 17.6 Å². The maximum atomic E-state index is 13.4. The molecule has 0 amide bonds. The minimum atomic E-state index is -0.581. The molecule has 0 aliphatic carbocycles. The van der Waals surface area contributed by atoms with Crippen molar-refractivity contribution in [1.82, 2.24) is 4.57 Å². The van der Waals surface area contributed by atoms with Crippen LogP contribution in [0.2, 0.25) is 0 Å². The molecule has 2 heterocycles. The Morgan fingerprint density at radius 1 is 1.13 bits per heavy atom. The fourth-order valence-electron chi connectivity index (χ4n) is 3.77. The number of rotatable bonds is 4. The van der Waals surface area contributed by atoms with Crippen molar-refractivity contribution in [2.24, 2.45) is 4.99 Å². The van der Waals surface area contributed by atoms with Gasteiger partial charge in [-0.2, -0.15) is 0 Å². The molecule has 0 radical (unpaired) electrons. The number of esters is 1. The number of aromatic nitrogens is 1. The third kappa shape index (κ3) is 3.91. The minimum Gasteiger partial charge on any atom is -0.466 e. The van der Waals surface area contributed by atoms with Crippen molar-refractivity contribution in [3.63, 3.8) is 0 Å². The van der Waals surface area contributed by atoms with Gasteiger partial charge in [-0.25, -0.2) is 9.79 Å². The van der Waals surface area contributed by atoms with Gasteiger partial charge in [0.25, 0.3) is 5.56 Å². The largest absolute Gasteiger partial charge is 0.466 e. The molecule has 4 rings (SSSR count). The number of benzene rings is 2. The molecule has 1 aromatic heterocycles. The molecule has 0 bridgehead atoms. The number of nitrogens with zero attached hydrogens (tertiary/aromatic N) is 2. The van der Waals surface area contributed by atoms with Crippen LogP contribution < -0.4 is 14.9 Å². The van der Waals surface area contributed by atoms with Crippen molar-refractivity contribution < 1.29 is 9.53 Å². The van der Waals surface area contributed by atoms with Crippen molar-refractivity contribution in [3.05, 3.63) is 102 Å². The van der Waals surface area contributed by atoms with E-state index in [1.165, 1.54) is 24.0 Å². The van der Waals surface area contributed by atoms with Gasteiger partial charge < -0.3 is 4.74 Å². The third-order valence-electron chi connectivity index (χ3n) is 5.44. The predicted octanol–water partition coefficient (Wildman–Crippen LogP) is 3.53. The highest BCUT2D eigenvalue weighted by molar-refractivity contribution is 7.07. The number of thiazole rings is 1. The predicted molar refractivity (Wildman–Crippen MR) is 123 cm³/mol. The van der Waals surface area contributed by atoms with Gasteiger partial charge in [0.05, 0.1) is 29.0 Å². The van der Waals surface area contributed by atoms with E-state index in [2.05, 4.69) is 18.8 Å². The molecule has 0 saturated carbocycles. The number of ether oxygens (including phenoxy) is 1. The van der Waals surface area contributed by atoms with Crippen LogP contribution in [-0.2, 0) is 9.53 Å². The first-order valence-electron chi connectivity index (χ1n) is 10.2. The van der Waals surface area contributed by atoms with E-state index in [1.54, 1.807) is 11.5 Å². The summed E-state index contributed by atoms with van der Waals surface area (Å²) in [7, 11) is 1.35. The first-order chi connectivity index (χ1) is 14.9. The summed E-state index contributed by atoms with van der Waals surface area (Å²) in [4.78, 5) is 31.3. The van der Waals surface area contributed by atoms with Crippen LogP contribution in [0, 0.1) is 0 Å². The summed E-state index contributed by atoms with van der Waals surface area (Å²) >= 11 is 1.33. The summed E-state index contributed by atoms with van der Waals surface area (Å²) in [6.07, 6.45) is 1.86. The standard InChI is InChI=1S/C25H24N2O3S/c1-15(2)18-10-12-19(13-11-18)22-21(24(29)30-4)16(3)26-25-27(22)23(28)20(31-25)14-17-8-6-5-7-9-17/h5-15,22H,1-4H3/b20-14+. The van der Waals surface area contributed by atoms with Crippen molar-refractivity contribution in [1.29, 1.82) is 0 Å². The molecule has 1 atom stereocenters. The van der Waals surface area contributed by atoms with Gasteiger partial charge in [0.2, 0.25) is 0 Å². The molecule has 5 nitrogen and oxygen atoms in total. The smallest absolute Gasteiger partial charge is 0.338 e. The Hall–Kier alpha value is -3.25. The van der Waals surface area contributed by atoms with Gasteiger partial charge in [-0.15, -0.1) is 0 Å². The first-order valence-corrected chi connectivity index (χ1v) is 11.0. The lowest BCUT2D eigenvalue weighted by atomic mass is 9.93. The van der Waals surface area contributed by atoms with E-state index in [-0.39, 0.29) is 5.56 Å². The molecule has 1 aliphatic rings. The highest BCUT2D eigenvalue weighted by atomic mass is 32.1. The summed E-state index contributed by atoms with van der Waals surface area (Å²) in [6.45, 7) is 6.05. The number of hydrogen-bond acceptors (Lipinski definition) is 5. The highest BCUT2D eigenvalue weighted by Gasteiger charge is 2.33. The monoisotopic (exact) mass is 432 g/mol. The SMILES string of the molecule is COC(=O)C1=C(C)N=c2s/c(=C/c3ccccc3)c(=O)n2C1c1ccc(C(C)C)cc1. The number of carbonyl (C=O) groups is 1. The topological polar surface area (TPSA) is 60.7 Å². The Morgan fingerprint density at radius 3 is 2.42 bits per heavy atom. The zero-order chi connectivity index (χ0) is 22.1. The summed E-state index contributed by atoms with van der Waals surface area (Å²) < 4.78 is 7.25. The normalized spacial score (nSPS) is 16.3. The number of fused-ring (bicyclic) bond motifs is 1. The van der Waals surface area contributed by atoms with Crippen LogP contribution in [0.25, 0.3) is 6.08 Å². The number of carbonyl (C=O) groups excluding carboxylic acids is 1. The molecule has 0 spiro atoms. The molecular formula is C25H24N2O3S. The van der Waals surface area contributed by atoms with Gasteiger partial charge in [-0.3, -0.25) is 9.36 Å². The van der Waals surface area contributed by atoms with Crippen LogP contribution in [0.5, 0.6) is 0 Å². The van der Waals surface area contributed by atoms with Crippen LogP contribution >= 0.6 is 11.3 Å². The molecule has 0 N–H and O–H groups in total. The molecule has 31 heavy (non-hydrogen) atoms. The zero-order valence-corrected chi connectivity index (χ0v) is 18.8. The Bertz CT molecular complexity index is 1330. The molecule has 1 aliphatic heterocycles. The van der Waals surface area contributed by atoms with E-state index in [0.29, 0.717) is 26.5 Å².